The van der Waals surface area contributed by atoms with Crippen molar-refractivity contribution in [1.82, 2.24) is 14.9 Å². The van der Waals surface area contributed by atoms with Crippen LogP contribution in [0, 0.1) is 0 Å². The summed E-state index contributed by atoms with van der Waals surface area (Å²) in [6.07, 6.45) is 0. The Balaban J connectivity index is 1.90. The van der Waals surface area contributed by atoms with Crippen LogP contribution in [-0.2, 0) is 6.54 Å². The third kappa shape index (κ3) is 3.30. The molecule has 0 atom stereocenters. The summed E-state index contributed by atoms with van der Waals surface area (Å²) in [4.78, 5) is 20.2. The molecule has 2 aromatic carbocycles. The molecule has 0 amide bonds. The molecule has 3 aromatic rings. The van der Waals surface area contributed by atoms with E-state index in [4.69, 9.17) is 28.2 Å². The van der Waals surface area contributed by atoms with Crippen LogP contribution in [0.25, 0.3) is 10.9 Å². The standard InChI is InChI=1S/C19H18Cl2N4O/c20-14-5-6-17-15(11-14)18(26)25(12-13-3-1-2-4-16(13)21)19(23-17)24-9-7-22-8-10-24/h1-6,11,22H,7-10,12H2. The van der Waals surface area contributed by atoms with E-state index in [0.717, 1.165) is 31.7 Å². The largest absolute Gasteiger partial charge is 0.340 e. The third-order valence-electron chi connectivity index (χ3n) is 4.58. The first-order valence-electron chi connectivity index (χ1n) is 8.52. The summed E-state index contributed by atoms with van der Waals surface area (Å²) in [5.74, 6) is 0.672. The molecule has 0 aliphatic carbocycles. The molecule has 1 N–H and O–H groups in total. The van der Waals surface area contributed by atoms with E-state index in [0.29, 0.717) is 33.4 Å². The van der Waals surface area contributed by atoms with E-state index in [1.54, 1.807) is 22.8 Å². The maximum absolute atomic E-state index is 13.2. The Morgan fingerprint density at radius 1 is 1.08 bits per heavy atom. The van der Waals surface area contributed by atoms with Gasteiger partial charge in [-0.25, -0.2) is 4.98 Å². The van der Waals surface area contributed by atoms with Crippen LogP contribution >= 0.6 is 23.2 Å². The maximum atomic E-state index is 13.2. The molecule has 0 spiro atoms. The normalized spacial score (nSPS) is 14.8. The van der Waals surface area contributed by atoms with Gasteiger partial charge in [-0.3, -0.25) is 9.36 Å². The Bertz CT molecular complexity index is 1010. The van der Waals surface area contributed by atoms with Crippen LogP contribution in [0.1, 0.15) is 5.56 Å². The summed E-state index contributed by atoms with van der Waals surface area (Å²) >= 11 is 12.4. The van der Waals surface area contributed by atoms with Crippen molar-refractivity contribution < 1.29 is 0 Å². The Kier molecular flexibility index (Phi) is 4.85. The van der Waals surface area contributed by atoms with E-state index >= 15 is 0 Å². The number of aromatic nitrogens is 2. The number of rotatable bonds is 3. The van der Waals surface area contributed by atoms with Crippen LogP contribution in [0.4, 0.5) is 5.95 Å². The molecule has 26 heavy (non-hydrogen) atoms. The number of halogens is 2. The number of benzene rings is 2. The first-order valence-corrected chi connectivity index (χ1v) is 9.28. The molecule has 0 saturated carbocycles. The zero-order chi connectivity index (χ0) is 18.1. The molecular weight excluding hydrogens is 371 g/mol. The molecule has 134 valence electrons. The van der Waals surface area contributed by atoms with E-state index < -0.39 is 0 Å². The summed E-state index contributed by atoms with van der Waals surface area (Å²) < 4.78 is 1.70. The highest BCUT2D eigenvalue weighted by Gasteiger charge is 2.19. The fraction of sp³-hybridized carbons (Fsp3) is 0.263. The number of nitrogens with zero attached hydrogens (tertiary/aromatic N) is 3. The van der Waals surface area contributed by atoms with Gasteiger partial charge in [0.2, 0.25) is 5.95 Å². The summed E-state index contributed by atoms with van der Waals surface area (Å²) in [5, 5.41) is 5.00. The van der Waals surface area contributed by atoms with Gasteiger partial charge in [0.05, 0.1) is 17.4 Å². The van der Waals surface area contributed by atoms with Crippen LogP contribution in [0.2, 0.25) is 10.0 Å². The minimum atomic E-state index is -0.106. The molecule has 0 radical (unpaired) electrons. The average Bonchev–Trinajstić information content (AvgIpc) is 2.66. The van der Waals surface area contributed by atoms with Crippen LogP contribution in [-0.4, -0.2) is 35.7 Å². The topological polar surface area (TPSA) is 50.2 Å². The third-order valence-corrected chi connectivity index (χ3v) is 5.19. The van der Waals surface area contributed by atoms with Gasteiger partial charge >= 0.3 is 0 Å². The van der Waals surface area contributed by atoms with Crippen molar-refractivity contribution in [3.63, 3.8) is 0 Å². The fourth-order valence-corrected chi connectivity index (χ4v) is 3.59. The van der Waals surface area contributed by atoms with Gasteiger partial charge in [-0.2, -0.15) is 0 Å². The van der Waals surface area contributed by atoms with Crippen LogP contribution in [0.15, 0.2) is 47.3 Å². The summed E-state index contributed by atoms with van der Waals surface area (Å²) in [5.41, 5.74) is 1.44. The second kappa shape index (κ2) is 7.27. The Morgan fingerprint density at radius 2 is 1.85 bits per heavy atom. The number of fused-ring (bicyclic) bond motifs is 1. The van der Waals surface area contributed by atoms with Gasteiger partial charge in [0.15, 0.2) is 0 Å². The van der Waals surface area contributed by atoms with Crippen molar-refractivity contribution >= 4 is 40.1 Å². The van der Waals surface area contributed by atoms with Crippen LogP contribution in [0.5, 0.6) is 0 Å². The zero-order valence-electron chi connectivity index (χ0n) is 14.1. The minimum absolute atomic E-state index is 0.106. The predicted molar refractivity (Wildman–Crippen MR) is 107 cm³/mol. The van der Waals surface area contributed by atoms with Crippen LogP contribution < -0.4 is 15.8 Å². The molecule has 1 saturated heterocycles. The Morgan fingerprint density at radius 3 is 2.62 bits per heavy atom. The van der Waals surface area contributed by atoms with E-state index in [1.807, 2.05) is 24.3 Å². The van der Waals surface area contributed by atoms with Gasteiger partial charge in [0.25, 0.3) is 5.56 Å². The van der Waals surface area contributed by atoms with Crippen LogP contribution in [0.3, 0.4) is 0 Å². The smallest absolute Gasteiger partial charge is 0.263 e. The molecule has 0 unspecified atom stereocenters. The van der Waals surface area contributed by atoms with E-state index in [-0.39, 0.29) is 5.56 Å². The lowest BCUT2D eigenvalue weighted by molar-refractivity contribution is 0.564. The second-order valence-corrected chi connectivity index (χ2v) is 7.14. The van der Waals surface area contributed by atoms with Gasteiger partial charge < -0.3 is 10.2 Å². The molecule has 1 aromatic heterocycles. The molecular formula is C19H18Cl2N4O. The lowest BCUT2D eigenvalue weighted by Gasteiger charge is -2.30. The molecule has 2 heterocycles. The average molecular weight is 389 g/mol. The minimum Gasteiger partial charge on any atom is -0.340 e. The number of hydrogen-bond acceptors (Lipinski definition) is 4. The van der Waals surface area contributed by atoms with Gasteiger partial charge in [-0.15, -0.1) is 0 Å². The van der Waals surface area contributed by atoms with Gasteiger partial charge in [0, 0.05) is 36.2 Å². The van der Waals surface area contributed by atoms with Crippen molar-refractivity contribution in [2.24, 2.45) is 0 Å². The summed E-state index contributed by atoms with van der Waals surface area (Å²) in [6.45, 7) is 3.69. The SMILES string of the molecule is O=c1c2cc(Cl)ccc2nc(N2CCNCC2)n1Cc1ccccc1Cl. The number of piperazine rings is 1. The Hall–Kier alpha value is -2.08. The molecule has 1 aliphatic heterocycles. The maximum Gasteiger partial charge on any atom is 0.263 e. The molecule has 1 aliphatic rings. The molecule has 0 bridgehead atoms. The molecule has 7 heteroatoms. The highest BCUT2D eigenvalue weighted by atomic mass is 35.5. The predicted octanol–water partition coefficient (Wildman–Crippen LogP) is 3.16. The first-order chi connectivity index (χ1) is 12.6. The monoisotopic (exact) mass is 388 g/mol. The number of anilines is 1. The second-order valence-electron chi connectivity index (χ2n) is 6.29. The van der Waals surface area contributed by atoms with Crippen molar-refractivity contribution in [2.75, 3.05) is 31.1 Å². The van der Waals surface area contributed by atoms with Crippen molar-refractivity contribution in [1.29, 1.82) is 0 Å². The Labute approximate surface area is 161 Å². The zero-order valence-corrected chi connectivity index (χ0v) is 15.6. The van der Waals surface area contributed by atoms with Crippen molar-refractivity contribution in [3.05, 3.63) is 68.4 Å². The molecule has 5 nitrogen and oxygen atoms in total. The lowest BCUT2D eigenvalue weighted by Crippen LogP contribution is -2.46. The molecule has 4 rings (SSSR count). The number of nitrogens with one attached hydrogen (secondary N) is 1. The number of hydrogen-bond donors (Lipinski definition) is 1. The van der Waals surface area contributed by atoms with Gasteiger partial charge in [-0.1, -0.05) is 41.4 Å². The van der Waals surface area contributed by atoms with Gasteiger partial charge in [-0.05, 0) is 29.8 Å². The molecule has 1 fully saturated rings. The quantitative estimate of drug-likeness (QED) is 0.748. The highest BCUT2D eigenvalue weighted by molar-refractivity contribution is 6.31. The first kappa shape index (κ1) is 17.3. The van der Waals surface area contributed by atoms with E-state index in [2.05, 4.69) is 10.2 Å². The lowest BCUT2D eigenvalue weighted by atomic mass is 10.2. The van der Waals surface area contributed by atoms with Gasteiger partial charge in [0.1, 0.15) is 0 Å². The van der Waals surface area contributed by atoms with Crippen molar-refractivity contribution in [2.45, 2.75) is 6.54 Å². The fourth-order valence-electron chi connectivity index (χ4n) is 3.23. The summed E-state index contributed by atoms with van der Waals surface area (Å²) in [6, 6.07) is 12.8. The highest BCUT2D eigenvalue weighted by Crippen LogP contribution is 2.22. The van der Waals surface area contributed by atoms with E-state index in [1.165, 1.54) is 0 Å². The van der Waals surface area contributed by atoms with E-state index in [9.17, 15) is 4.79 Å². The summed E-state index contributed by atoms with van der Waals surface area (Å²) in [7, 11) is 0. The van der Waals surface area contributed by atoms with Crippen molar-refractivity contribution in [3.8, 4) is 0 Å².